The van der Waals surface area contributed by atoms with Crippen LogP contribution >= 0.6 is 0 Å². The van der Waals surface area contributed by atoms with Gasteiger partial charge in [0.25, 0.3) is 0 Å². The van der Waals surface area contributed by atoms with Gasteiger partial charge in [-0.25, -0.2) is 0 Å². The predicted molar refractivity (Wildman–Crippen MR) is 74.7 cm³/mol. The van der Waals surface area contributed by atoms with Crippen molar-refractivity contribution in [2.75, 3.05) is 0 Å². The van der Waals surface area contributed by atoms with Gasteiger partial charge in [-0.15, -0.1) is 0 Å². The van der Waals surface area contributed by atoms with Gasteiger partial charge in [-0.2, -0.15) is 5.10 Å². The maximum Gasteiger partial charge on any atom is 0.152 e. The first-order chi connectivity index (χ1) is 9.16. The molecular formula is C15H21N3O. The van der Waals surface area contributed by atoms with Crippen molar-refractivity contribution in [2.24, 2.45) is 0 Å². The highest BCUT2D eigenvalue weighted by molar-refractivity contribution is 5.56. The fraction of sp³-hybridized carbons (Fsp3) is 0.533. The number of aryl methyl sites for hydroxylation is 1. The summed E-state index contributed by atoms with van der Waals surface area (Å²) in [5.74, 6) is 1.79. The van der Waals surface area contributed by atoms with E-state index in [0.717, 1.165) is 23.8 Å². The van der Waals surface area contributed by atoms with Crippen molar-refractivity contribution in [3.8, 4) is 11.5 Å². The lowest BCUT2D eigenvalue weighted by Crippen LogP contribution is -2.38. The molecule has 1 saturated carbocycles. The summed E-state index contributed by atoms with van der Waals surface area (Å²) in [5.41, 5.74) is 2.44. The van der Waals surface area contributed by atoms with E-state index >= 15 is 0 Å². The smallest absolute Gasteiger partial charge is 0.152 e. The summed E-state index contributed by atoms with van der Waals surface area (Å²) in [4.78, 5) is 0. The topological polar surface area (TPSA) is 53.9 Å². The summed E-state index contributed by atoms with van der Waals surface area (Å²) in [5, 5.41) is 10.9. The summed E-state index contributed by atoms with van der Waals surface area (Å²) in [6, 6.07) is 3.97. The molecule has 0 bridgehead atoms. The SMILES string of the molecule is Cc1ccc(-c2[nH]ncc2CNC2(C)CCCC2)o1. The first-order valence-electron chi connectivity index (χ1n) is 7.00. The molecule has 0 aliphatic heterocycles. The molecule has 0 radical (unpaired) electrons. The highest BCUT2D eigenvalue weighted by Gasteiger charge is 2.28. The van der Waals surface area contributed by atoms with E-state index in [2.05, 4.69) is 22.4 Å². The second-order valence-electron chi connectivity index (χ2n) is 5.80. The van der Waals surface area contributed by atoms with Crippen molar-refractivity contribution < 1.29 is 4.42 Å². The molecule has 1 aliphatic carbocycles. The number of aromatic amines is 1. The van der Waals surface area contributed by atoms with Crippen LogP contribution in [0.4, 0.5) is 0 Å². The highest BCUT2D eigenvalue weighted by Crippen LogP contribution is 2.30. The Morgan fingerprint density at radius 1 is 1.37 bits per heavy atom. The van der Waals surface area contributed by atoms with Gasteiger partial charge in [-0.3, -0.25) is 5.10 Å². The van der Waals surface area contributed by atoms with E-state index in [1.54, 1.807) is 0 Å². The molecule has 0 aromatic carbocycles. The largest absolute Gasteiger partial charge is 0.460 e. The number of aromatic nitrogens is 2. The molecule has 1 aliphatic rings. The number of H-pyrrole nitrogens is 1. The molecule has 0 saturated heterocycles. The zero-order valence-corrected chi connectivity index (χ0v) is 11.6. The van der Waals surface area contributed by atoms with Crippen molar-refractivity contribution in [1.29, 1.82) is 0 Å². The average Bonchev–Trinajstić information content (AvgIpc) is 3.07. The van der Waals surface area contributed by atoms with Gasteiger partial charge in [-0.05, 0) is 38.8 Å². The number of furan rings is 1. The third-order valence-electron chi connectivity index (χ3n) is 4.12. The van der Waals surface area contributed by atoms with Crippen LogP contribution in [0.3, 0.4) is 0 Å². The molecule has 102 valence electrons. The van der Waals surface area contributed by atoms with Crippen molar-refractivity contribution in [3.05, 3.63) is 29.7 Å². The molecule has 0 atom stereocenters. The molecule has 2 aromatic heterocycles. The van der Waals surface area contributed by atoms with Crippen molar-refractivity contribution in [1.82, 2.24) is 15.5 Å². The maximum absolute atomic E-state index is 5.67. The minimum absolute atomic E-state index is 0.285. The molecule has 2 N–H and O–H groups in total. The maximum atomic E-state index is 5.67. The van der Waals surface area contributed by atoms with Crippen molar-refractivity contribution >= 4 is 0 Å². The summed E-state index contributed by atoms with van der Waals surface area (Å²) in [6.07, 6.45) is 7.08. The standard InChI is InChI=1S/C15H21N3O/c1-11-5-6-13(19-11)14-12(10-17-18-14)9-16-15(2)7-3-4-8-15/h5-6,10,16H,3-4,7-9H2,1-2H3,(H,17,18). The zero-order chi connectivity index (χ0) is 13.3. The number of nitrogens with zero attached hydrogens (tertiary/aromatic N) is 1. The van der Waals surface area contributed by atoms with E-state index in [1.165, 1.54) is 31.2 Å². The molecule has 2 aromatic rings. The lowest BCUT2D eigenvalue weighted by molar-refractivity contribution is 0.363. The van der Waals surface area contributed by atoms with Crippen LogP contribution in [-0.2, 0) is 6.54 Å². The van der Waals surface area contributed by atoms with Gasteiger partial charge in [0, 0.05) is 17.6 Å². The fourth-order valence-electron chi connectivity index (χ4n) is 2.87. The monoisotopic (exact) mass is 259 g/mol. The van der Waals surface area contributed by atoms with Crippen LogP contribution in [0.5, 0.6) is 0 Å². The lowest BCUT2D eigenvalue weighted by Gasteiger charge is -2.25. The van der Waals surface area contributed by atoms with Gasteiger partial charge >= 0.3 is 0 Å². The predicted octanol–water partition coefficient (Wildman–Crippen LogP) is 3.40. The van der Waals surface area contributed by atoms with Gasteiger partial charge < -0.3 is 9.73 Å². The number of nitrogens with one attached hydrogen (secondary N) is 2. The Morgan fingerprint density at radius 2 is 2.16 bits per heavy atom. The molecule has 1 fully saturated rings. The Morgan fingerprint density at radius 3 is 2.84 bits per heavy atom. The van der Waals surface area contributed by atoms with Crippen LogP contribution in [0.15, 0.2) is 22.7 Å². The van der Waals surface area contributed by atoms with Gasteiger partial charge in [0.05, 0.1) is 6.20 Å². The molecule has 0 unspecified atom stereocenters. The average molecular weight is 259 g/mol. The van der Waals surface area contributed by atoms with Gasteiger partial charge in [0.2, 0.25) is 0 Å². The van der Waals surface area contributed by atoms with Crippen LogP contribution in [0, 0.1) is 6.92 Å². The molecule has 3 rings (SSSR count). The molecule has 2 heterocycles. The summed E-state index contributed by atoms with van der Waals surface area (Å²) in [6.45, 7) is 5.11. The van der Waals surface area contributed by atoms with Gasteiger partial charge in [0.15, 0.2) is 5.76 Å². The van der Waals surface area contributed by atoms with E-state index in [4.69, 9.17) is 4.42 Å². The second-order valence-corrected chi connectivity index (χ2v) is 5.80. The summed E-state index contributed by atoms with van der Waals surface area (Å²) in [7, 11) is 0. The Kier molecular flexibility index (Phi) is 3.19. The third-order valence-corrected chi connectivity index (χ3v) is 4.12. The Balaban J connectivity index is 1.74. The van der Waals surface area contributed by atoms with Gasteiger partial charge in [0.1, 0.15) is 11.5 Å². The number of hydrogen-bond acceptors (Lipinski definition) is 3. The lowest BCUT2D eigenvalue weighted by atomic mass is 10.0. The van der Waals surface area contributed by atoms with Crippen LogP contribution in [0.1, 0.15) is 43.9 Å². The van der Waals surface area contributed by atoms with Crippen LogP contribution in [0.2, 0.25) is 0 Å². The first-order valence-corrected chi connectivity index (χ1v) is 7.00. The number of hydrogen-bond donors (Lipinski definition) is 2. The summed E-state index contributed by atoms with van der Waals surface area (Å²) < 4.78 is 5.67. The minimum Gasteiger partial charge on any atom is -0.460 e. The van der Waals surface area contributed by atoms with E-state index < -0.39 is 0 Å². The van der Waals surface area contributed by atoms with Crippen LogP contribution < -0.4 is 5.32 Å². The molecule has 0 spiro atoms. The Bertz CT molecular complexity index is 549. The Hall–Kier alpha value is -1.55. The zero-order valence-electron chi connectivity index (χ0n) is 11.6. The van der Waals surface area contributed by atoms with Gasteiger partial charge in [-0.1, -0.05) is 12.8 Å². The number of rotatable bonds is 4. The van der Waals surface area contributed by atoms with E-state index in [1.807, 2.05) is 25.3 Å². The van der Waals surface area contributed by atoms with E-state index in [9.17, 15) is 0 Å². The quantitative estimate of drug-likeness (QED) is 0.884. The van der Waals surface area contributed by atoms with Crippen LogP contribution in [-0.4, -0.2) is 15.7 Å². The Labute approximate surface area is 113 Å². The van der Waals surface area contributed by atoms with Crippen LogP contribution in [0.25, 0.3) is 11.5 Å². The van der Waals surface area contributed by atoms with Crippen molar-refractivity contribution in [3.63, 3.8) is 0 Å². The third kappa shape index (κ3) is 2.59. The first kappa shape index (κ1) is 12.5. The minimum atomic E-state index is 0.285. The molecule has 0 amide bonds. The molecule has 19 heavy (non-hydrogen) atoms. The molecular weight excluding hydrogens is 238 g/mol. The molecule has 4 heteroatoms. The highest BCUT2D eigenvalue weighted by atomic mass is 16.3. The fourth-order valence-corrected chi connectivity index (χ4v) is 2.87. The summed E-state index contributed by atoms with van der Waals surface area (Å²) >= 11 is 0. The normalized spacial score (nSPS) is 18.0. The van der Waals surface area contributed by atoms with E-state index in [0.29, 0.717) is 0 Å². The van der Waals surface area contributed by atoms with E-state index in [-0.39, 0.29) is 5.54 Å². The second kappa shape index (κ2) is 4.85. The molecule has 4 nitrogen and oxygen atoms in total. The van der Waals surface area contributed by atoms with Crippen molar-refractivity contribution in [2.45, 2.75) is 51.6 Å².